The monoisotopic (exact) mass is 498 g/mol. The van der Waals surface area contributed by atoms with Gasteiger partial charge in [-0.05, 0) is 38.5 Å². The van der Waals surface area contributed by atoms with Gasteiger partial charge in [0.15, 0.2) is 0 Å². The highest BCUT2D eigenvalue weighted by molar-refractivity contribution is 8.00. The first-order valence-electron chi connectivity index (χ1n) is 11.0. The van der Waals surface area contributed by atoms with Crippen molar-refractivity contribution in [1.82, 2.24) is 15.3 Å². The number of nitrogens with zero attached hydrogens (tertiary/aromatic N) is 4. The number of pyridine rings is 1. The quantitative estimate of drug-likeness (QED) is 0.158. The Labute approximate surface area is 208 Å². The third-order valence-corrected chi connectivity index (χ3v) is 6.26. The van der Waals surface area contributed by atoms with E-state index in [1.165, 1.54) is 17.8 Å². The molecule has 0 spiro atoms. The van der Waals surface area contributed by atoms with Crippen molar-refractivity contribution in [1.29, 1.82) is 5.26 Å². The zero-order valence-electron chi connectivity index (χ0n) is 20.0. The molecule has 0 bridgehead atoms. The minimum Gasteiger partial charge on any atom is -0.444 e. The van der Waals surface area contributed by atoms with E-state index in [-0.39, 0.29) is 17.4 Å². The third-order valence-electron chi connectivity index (χ3n) is 5.25. The summed E-state index contributed by atoms with van der Waals surface area (Å²) in [4.78, 5) is 31.3. The zero-order chi connectivity index (χ0) is 25.6. The second kappa shape index (κ2) is 11.2. The van der Waals surface area contributed by atoms with Crippen molar-refractivity contribution in [2.75, 3.05) is 36.8 Å². The average molecular weight is 499 g/mol. The number of hydrogen-bond donors (Lipinski definition) is 4. The number of amidine groups is 1. The first kappa shape index (κ1) is 25.9. The summed E-state index contributed by atoms with van der Waals surface area (Å²) < 4.78 is 5.47. The number of nitrogens with two attached hydrogens (primary N) is 2. The summed E-state index contributed by atoms with van der Waals surface area (Å²) in [6.45, 7) is 7.89. The number of nitrogens with one attached hydrogen (secondary N) is 2. The fraction of sp³-hybridized carbons (Fsp3) is 0.391. The van der Waals surface area contributed by atoms with Crippen LogP contribution in [0.15, 0.2) is 45.3 Å². The molecule has 0 radical (unpaired) electrons. The van der Waals surface area contributed by atoms with Gasteiger partial charge in [0.05, 0.1) is 16.3 Å². The molecule has 1 saturated heterocycles. The minimum absolute atomic E-state index is 0.253. The molecule has 1 aromatic heterocycles. The standard InChI is InChI=1S/C23H30N8O3S/c1-23(2,3)34-22(33)31-9-7-30(8-10-31)16-6-4-5-15(11-16)17-12-20(32)27-21(18(17)13-24)35-14-19(28-25)29-26/h4-6,11-12H,7-10,14,25-26H2,1-3H3,(H,27,32)(H,28,29). The lowest BCUT2D eigenvalue weighted by Crippen LogP contribution is -2.50. The summed E-state index contributed by atoms with van der Waals surface area (Å²) in [6, 6.07) is 11.3. The maximum Gasteiger partial charge on any atom is 0.410 e. The number of aromatic amines is 1. The first-order valence-corrected chi connectivity index (χ1v) is 12.0. The molecule has 0 atom stereocenters. The van der Waals surface area contributed by atoms with E-state index in [2.05, 4.69) is 26.5 Å². The Bertz CT molecular complexity index is 1190. The van der Waals surface area contributed by atoms with Crippen LogP contribution in [-0.2, 0) is 4.74 Å². The molecular weight excluding hydrogens is 468 g/mol. The van der Waals surface area contributed by atoms with Gasteiger partial charge in [-0.1, -0.05) is 23.9 Å². The van der Waals surface area contributed by atoms with Gasteiger partial charge in [-0.15, -0.1) is 0 Å². The number of hydrazone groups is 1. The topological polar surface area (TPSA) is 166 Å². The number of amides is 1. The Morgan fingerprint density at radius 3 is 2.60 bits per heavy atom. The number of carbonyl (C=O) groups excluding carboxylic acids is 1. The van der Waals surface area contributed by atoms with Gasteiger partial charge in [0, 0.05) is 43.5 Å². The van der Waals surface area contributed by atoms with E-state index in [1.807, 2.05) is 45.0 Å². The number of thioether (sulfide) groups is 1. The van der Waals surface area contributed by atoms with E-state index in [4.69, 9.17) is 16.4 Å². The second-order valence-corrected chi connectivity index (χ2v) is 9.86. The van der Waals surface area contributed by atoms with Crippen molar-refractivity contribution < 1.29 is 9.53 Å². The van der Waals surface area contributed by atoms with Crippen LogP contribution in [-0.4, -0.2) is 59.3 Å². The molecule has 1 aromatic carbocycles. The molecular formula is C23H30N8O3S. The molecule has 1 aliphatic rings. The molecule has 0 aliphatic carbocycles. The maximum atomic E-state index is 12.4. The van der Waals surface area contributed by atoms with Crippen LogP contribution in [0.1, 0.15) is 26.3 Å². The number of hydrazine groups is 1. The normalized spacial score (nSPS) is 14.4. The number of piperazine rings is 1. The van der Waals surface area contributed by atoms with Crippen LogP contribution >= 0.6 is 11.8 Å². The molecule has 6 N–H and O–H groups in total. The largest absolute Gasteiger partial charge is 0.444 e. The fourth-order valence-electron chi connectivity index (χ4n) is 3.58. The molecule has 3 rings (SSSR count). The van der Waals surface area contributed by atoms with Crippen LogP contribution in [0.25, 0.3) is 11.1 Å². The summed E-state index contributed by atoms with van der Waals surface area (Å²) in [6.07, 6.45) is -0.314. The maximum absolute atomic E-state index is 12.4. The van der Waals surface area contributed by atoms with E-state index in [0.29, 0.717) is 48.2 Å². The van der Waals surface area contributed by atoms with Crippen molar-refractivity contribution in [3.63, 3.8) is 0 Å². The highest BCUT2D eigenvalue weighted by Crippen LogP contribution is 2.31. The van der Waals surface area contributed by atoms with Crippen LogP contribution in [0.2, 0.25) is 0 Å². The van der Waals surface area contributed by atoms with Crippen LogP contribution < -0.4 is 27.6 Å². The smallest absolute Gasteiger partial charge is 0.410 e. The fourth-order valence-corrected chi connectivity index (χ4v) is 4.50. The summed E-state index contributed by atoms with van der Waals surface area (Å²) in [5.41, 5.74) is 4.06. The number of rotatable bonds is 5. The number of ether oxygens (including phenoxy) is 1. The number of hydrogen-bond acceptors (Lipinski definition) is 9. The Morgan fingerprint density at radius 1 is 1.29 bits per heavy atom. The van der Waals surface area contributed by atoms with Crippen molar-refractivity contribution >= 4 is 29.4 Å². The molecule has 0 saturated carbocycles. The van der Waals surface area contributed by atoms with Gasteiger partial charge in [-0.2, -0.15) is 10.4 Å². The molecule has 1 aliphatic heterocycles. The summed E-state index contributed by atoms with van der Waals surface area (Å²) in [5.74, 6) is 11.2. The number of H-pyrrole nitrogens is 1. The summed E-state index contributed by atoms with van der Waals surface area (Å²) in [5, 5.41) is 13.8. The predicted octanol–water partition coefficient (Wildman–Crippen LogP) is 1.80. The Kier molecular flexibility index (Phi) is 8.26. The molecule has 1 amide bonds. The van der Waals surface area contributed by atoms with Gasteiger partial charge in [0.25, 0.3) is 0 Å². The molecule has 11 nitrogen and oxygen atoms in total. The highest BCUT2D eigenvalue weighted by atomic mass is 32.2. The number of benzene rings is 1. The number of anilines is 1. The summed E-state index contributed by atoms with van der Waals surface area (Å²) in [7, 11) is 0. The van der Waals surface area contributed by atoms with Gasteiger partial charge in [0.2, 0.25) is 5.56 Å². The van der Waals surface area contributed by atoms with Gasteiger partial charge in [-0.3, -0.25) is 4.79 Å². The van der Waals surface area contributed by atoms with Gasteiger partial charge >= 0.3 is 6.09 Å². The zero-order valence-corrected chi connectivity index (χ0v) is 20.8. The Balaban J connectivity index is 1.81. The second-order valence-electron chi connectivity index (χ2n) is 8.88. The van der Waals surface area contributed by atoms with Gasteiger partial charge < -0.3 is 30.8 Å². The highest BCUT2D eigenvalue weighted by Gasteiger charge is 2.26. The van der Waals surface area contributed by atoms with Crippen molar-refractivity contribution in [2.45, 2.75) is 31.4 Å². The van der Waals surface area contributed by atoms with Gasteiger partial charge in [0.1, 0.15) is 17.5 Å². The van der Waals surface area contributed by atoms with Crippen molar-refractivity contribution in [3.05, 3.63) is 46.2 Å². The van der Waals surface area contributed by atoms with Gasteiger partial charge in [-0.25, -0.2) is 10.6 Å². The number of aromatic nitrogens is 1. The van der Waals surface area contributed by atoms with Crippen LogP contribution in [0.4, 0.5) is 10.5 Å². The van der Waals surface area contributed by atoms with E-state index in [9.17, 15) is 14.9 Å². The SMILES string of the molecule is CC(C)(C)OC(=O)N1CCN(c2cccc(-c3cc(=O)[nH]c(SC/C(=N/N)NN)c3C#N)c2)CC1. The van der Waals surface area contributed by atoms with Crippen LogP contribution in [0, 0.1) is 11.3 Å². The predicted molar refractivity (Wildman–Crippen MR) is 137 cm³/mol. The Hall–Kier alpha value is -3.69. The van der Waals surface area contributed by atoms with Crippen molar-refractivity contribution in [2.24, 2.45) is 16.8 Å². The third kappa shape index (κ3) is 6.68. The van der Waals surface area contributed by atoms with E-state index >= 15 is 0 Å². The number of nitriles is 1. The van der Waals surface area contributed by atoms with E-state index < -0.39 is 5.60 Å². The molecule has 2 heterocycles. The summed E-state index contributed by atoms with van der Waals surface area (Å²) >= 11 is 1.20. The lowest BCUT2D eigenvalue weighted by molar-refractivity contribution is 0.0240. The van der Waals surface area contributed by atoms with Crippen LogP contribution in [0.5, 0.6) is 0 Å². The van der Waals surface area contributed by atoms with Crippen LogP contribution in [0.3, 0.4) is 0 Å². The molecule has 1 fully saturated rings. The lowest BCUT2D eigenvalue weighted by Gasteiger charge is -2.36. The van der Waals surface area contributed by atoms with Crippen molar-refractivity contribution in [3.8, 4) is 17.2 Å². The Morgan fingerprint density at radius 2 is 2.00 bits per heavy atom. The minimum atomic E-state index is -0.537. The molecule has 12 heteroatoms. The first-order chi connectivity index (χ1) is 16.6. The molecule has 186 valence electrons. The molecule has 2 aromatic rings. The molecule has 35 heavy (non-hydrogen) atoms. The average Bonchev–Trinajstić information content (AvgIpc) is 2.83. The molecule has 0 unspecified atom stereocenters. The van der Waals surface area contributed by atoms with E-state index in [0.717, 1.165) is 11.3 Å². The van der Waals surface area contributed by atoms with E-state index in [1.54, 1.807) is 4.90 Å². The lowest BCUT2D eigenvalue weighted by atomic mass is 10.0. The number of carbonyl (C=O) groups is 1.